The molecule has 0 saturated heterocycles. The number of hydrogen-bond donors (Lipinski definition) is 1. The molecule has 1 amide bonds. The summed E-state index contributed by atoms with van der Waals surface area (Å²) in [5.41, 5.74) is 1.71. The van der Waals surface area contributed by atoms with Crippen LogP contribution >= 0.6 is 11.6 Å². The van der Waals surface area contributed by atoms with Gasteiger partial charge in [-0.1, -0.05) is 29.8 Å². The Kier molecular flexibility index (Phi) is 5.82. The summed E-state index contributed by atoms with van der Waals surface area (Å²) in [7, 11) is 1.31. The topological polar surface area (TPSA) is 64.6 Å². The van der Waals surface area contributed by atoms with Crippen molar-refractivity contribution in [2.24, 2.45) is 0 Å². The number of hydrogen-bond acceptors (Lipinski definition) is 4. The first kappa shape index (κ1) is 17.8. The third-order valence-corrected chi connectivity index (χ3v) is 3.74. The van der Waals surface area contributed by atoms with E-state index in [1.165, 1.54) is 7.11 Å². The summed E-state index contributed by atoms with van der Waals surface area (Å²) >= 11 is 6.02. The van der Waals surface area contributed by atoms with Crippen molar-refractivity contribution in [3.05, 3.63) is 58.6 Å². The number of rotatable bonds is 5. The Bertz CT molecular complexity index is 760. The maximum absolute atomic E-state index is 12.3. The van der Waals surface area contributed by atoms with Gasteiger partial charge in [0.05, 0.1) is 17.7 Å². The highest BCUT2D eigenvalue weighted by Crippen LogP contribution is 2.25. The molecule has 0 aliphatic carbocycles. The number of carbonyl (C=O) groups is 2. The van der Waals surface area contributed by atoms with E-state index in [4.69, 9.17) is 16.3 Å². The van der Waals surface area contributed by atoms with Crippen molar-refractivity contribution in [3.63, 3.8) is 0 Å². The van der Waals surface area contributed by atoms with Crippen LogP contribution < -0.4 is 10.1 Å². The number of carbonyl (C=O) groups excluding carboxylic acids is 2. The van der Waals surface area contributed by atoms with Gasteiger partial charge in [-0.3, -0.25) is 4.79 Å². The van der Waals surface area contributed by atoms with Gasteiger partial charge < -0.3 is 14.8 Å². The number of amides is 1. The van der Waals surface area contributed by atoms with Gasteiger partial charge in [0, 0.05) is 5.69 Å². The minimum Gasteiger partial charge on any atom is -0.479 e. The minimum absolute atomic E-state index is 0.347. The van der Waals surface area contributed by atoms with Crippen LogP contribution in [0.5, 0.6) is 5.75 Å². The van der Waals surface area contributed by atoms with E-state index in [2.05, 4.69) is 10.1 Å². The first-order valence-corrected chi connectivity index (χ1v) is 7.71. The average Bonchev–Trinajstić information content (AvgIpc) is 2.58. The number of anilines is 1. The molecular weight excluding hydrogens is 330 g/mol. The van der Waals surface area contributed by atoms with Crippen molar-refractivity contribution < 1.29 is 19.1 Å². The van der Waals surface area contributed by atoms with Crippen LogP contribution in [0, 0.1) is 6.92 Å². The fourth-order valence-electron chi connectivity index (χ4n) is 2.02. The number of esters is 1. The molecule has 1 unspecified atom stereocenters. The molecule has 0 saturated carbocycles. The molecule has 0 bridgehead atoms. The highest BCUT2D eigenvalue weighted by atomic mass is 35.5. The lowest BCUT2D eigenvalue weighted by atomic mass is 10.1. The second-order valence-electron chi connectivity index (χ2n) is 5.20. The molecule has 6 heteroatoms. The molecule has 0 aliphatic heterocycles. The van der Waals surface area contributed by atoms with Crippen molar-refractivity contribution in [1.29, 1.82) is 0 Å². The molecular formula is C18H18ClNO4. The molecule has 126 valence electrons. The van der Waals surface area contributed by atoms with Crippen LogP contribution in [-0.2, 0) is 9.53 Å². The van der Waals surface area contributed by atoms with Crippen LogP contribution in [0.3, 0.4) is 0 Å². The number of para-hydroxylation sites is 1. The van der Waals surface area contributed by atoms with Crippen molar-refractivity contribution in [3.8, 4) is 5.75 Å². The molecule has 0 spiro atoms. The zero-order chi connectivity index (χ0) is 17.7. The summed E-state index contributed by atoms with van der Waals surface area (Å²) in [6.07, 6.45) is -0.758. The maximum atomic E-state index is 12.3. The third kappa shape index (κ3) is 4.26. The minimum atomic E-state index is -0.758. The fraction of sp³-hybridized carbons (Fsp3) is 0.222. The van der Waals surface area contributed by atoms with Gasteiger partial charge in [-0.25, -0.2) is 4.79 Å². The van der Waals surface area contributed by atoms with Gasteiger partial charge in [-0.15, -0.1) is 0 Å². The molecule has 2 aromatic carbocycles. The zero-order valence-corrected chi connectivity index (χ0v) is 14.4. The summed E-state index contributed by atoms with van der Waals surface area (Å²) in [5, 5.41) is 3.19. The number of halogens is 1. The molecule has 1 atom stereocenters. The van der Waals surface area contributed by atoms with E-state index in [0.717, 1.165) is 5.56 Å². The van der Waals surface area contributed by atoms with Crippen molar-refractivity contribution in [2.75, 3.05) is 12.4 Å². The van der Waals surface area contributed by atoms with E-state index in [1.807, 2.05) is 6.92 Å². The molecule has 2 rings (SSSR count). The zero-order valence-electron chi connectivity index (χ0n) is 13.6. The molecule has 0 heterocycles. The Morgan fingerprint density at radius 2 is 1.88 bits per heavy atom. The standard InChI is InChI=1S/C18H18ClNO4/c1-11-8-9-13(18(22)23-3)10-15(11)20-17(21)12(2)24-16-7-5-4-6-14(16)19/h4-10,12H,1-3H3,(H,20,21). The number of nitrogens with one attached hydrogen (secondary N) is 1. The fourth-order valence-corrected chi connectivity index (χ4v) is 2.20. The van der Waals surface area contributed by atoms with E-state index in [9.17, 15) is 9.59 Å². The summed E-state index contributed by atoms with van der Waals surface area (Å²) in [5.74, 6) is -0.382. The monoisotopic (exact) mass is 347 g/mol. The number of benzene rings is 2. The molecule has 1 N–H and O–H groups in total. The number of methoxy groups -OCH3 is 1. The number of ether oxygens (including phenoxy) is 2. The lowest BCUT2D eigenvalue weighted by molar-refractivity contribution is -0.122. The third-order valence-electron chi connectivity index (χ3n) is 3.43. The van der Waals surface area contributed by atoms with Gasteiger partial charge in [-0.05, 0) is 43.7 Å². The molecule has 0 radical (unpaired) electrons. The molecule has 0 aliphatic rings. The predicted molar refractivity (Wildman–Crippen MR) is 92.7 cm³/mol. The molecule has 0 aromatic heterocycles. The average molecular weight is 348 g/mol. The highest BCUT2D eigenvalue weighted by Gasteiger charge is 2.18. The largest absolute Gasteiger partial charge is 0.479 e. The van der Waals surface area contributed by atoms with Crippen LogP contribution in [0.25, 0.3) is 0 Å². The van der Waals surface area contributed by atoms with Gasteiger partial charge >= 0.3 is 5.97 Å². The Morgan fingerprint density at radius 3 is 2.54 bits per heavy atom. The molecule has 24 heavy (non-hydrogen) atoms. The number of aryl methyl sites for hydroxylation is 1. The van der Waals surface area contributed by atoms with Crippen LogP contribution in [0.2, 0.25) is 5.02 Å². The molecule has 0 fully saturated rings. The SMILES string of the molecule is COC(=O)c1ccc(C)c(NC(=O)C(C)Oc2ccccc2Cl)c1. The Morgan fingerprint density at radius 1 is 1.17 bits per heavy atom. The molecule has 5 nitrogen and oxygen atoms in total. The second-order valence-corrected chi connectivity index (χ2v) is 5.61. The van der Waals surface area contributed by atoms with Crippen molar-refractivity contribution >= 4 is 29.2 Å². The van der Waals surface area contributed by atoms with Gasteiger partial charge in [0.15, 0.2) is 6.10 Å². The first-order chi connectivity index (χ1) is 11.4. The second kappa shape index (κ2) is 7.84. The van der Waals surface area contributed by atoms with Crippen LogP contribution in [0.15, 0.2) is 42.5 Å². The highest BCUT2D eigenvalue weighted by molar-refractivity contribution is 6.32. The Labute approximate surface area is 145 Å². The smallest absolute Gasteiger partial charge is 0.337 e. The van der Waals surface area contributed by atoms with Crippen LogP contribution in [0.1, 0.15) is 22.8 Å². The van der Waals surface area contributed by atoms with Crippen LogP contribution in [0.4, 0.5) is 5.69 Å². The summed E-state index contributed by atoms with van der Waals surface area (Å²) < 4.78 is 10.3. The predicted octanol–water partition coefficient (Wildman–Crippen LogP) is 3.84. The van der Waals surface area contributed by atoms with E-state index in [1.54, 1.807) is 49.4 Å². The molecule has 2 aromatic rings. The van der Waals surface area contributed by atoms with Crippen molar-refractivity contribution in [2.45, 2.75) is 20.0 Å². The summed E-state index contributed by atoms with van der Waals surface area (Å²) in [4.78, 5) is 23.9. The lowest BCUT2D eigenvalue weighted by Gasteiger charge is -2.17. The van der Waals surface area contributed by atoms with Gasteiger partial charge in [0.1, 0.15) is 5.75 Å². The lowest BCUT2D eigenvalue weighted by Crippen LogP contribution is -2.30. The van der Waals surface area contributed by atoms with E-state index in [-0.39, 0.29) is 5.91 Å². The first-order valence-electron chi connectivity index (χ1n) is 7.33. The van der Waals surface area contributed by atoms with Gasteiger partial charge in [-0.2, -0.15) is 0 Å². The van der Waals surface area contributed by atoms with E-state index >= 15 is 0 Å². The Hall–Kier alpha value is -2.53. The van der Waals surface area contributed by atoms with Gasteiger partial charge in [0.25, 0.3) is 5.91 Å². The van der Waals surface area contributed by atoms with E-state index < -0.39 is 12.1 Å². The Balaban J connectivity index is 2.11. The normalized spacial score (nSPS) is 11.5. The summed E-state index contributed by atoms with van der Waals surface area (Å²) in [6.45, 7) is 3.45. The van der Waals surface area contributed by atoms with Crippen LogP contribution in [-0.4, -0.2) is 25.1 Å². The quantitative estimate of drug-likeness (QED) is 0.834. The maximum Gasteiger partial charge on any atom is 0.337 e. The van der Waals surface area contributed by atoms with Crippen molar-refractivity contribution in [1.82, 2.24) is 0 Å². The van der Waals surface area contributed by atoms with Gasteiger partial charge in [0.2, 0.25) is 0 Å². The summed E-state index contributed by atoms with van der Waals surface area (Å²) in [6, 6.07) is 11.9. The van der Waals surface area contributed by atoms with E-state index in [0.29, 0.717) is 22.0 Å².